The van der Waals surface area contributed by atoms with Crippen LogP contribution in [0.1, 0.15) is 22.8 Å². The molecule has 0 aliphatic heterocycles. The molecule has 174 valence electrons. The number of nitrogens with one attached hydrogen (secondary N) is 2. The van der Waals surface area contributed by atoms with Crippen molar-refractivity contribution in [3.05, 3.63) is 83.9 Å². The second-order valence-electron chi connectivity index (χ2n) is 6.96. The molecular formula is C25H23N3O6. The number of rotatable bonds is 7. The highest BCUT2D eigenvalue weighted by Crippen LogP contribution is 2.17. The van der Waals surface area contributed by atoms with Crippen LogP contribution in [-0.2, 0) is 9.59 Å². The molecule has 0 spiro atoms. The van der Waals surface area contributed by atoms with Gasteiger partial charge in [-0.1, -0.05) is 0 Å². The van der Waals surface area contributed by atoms with E-state index in [2.05, 4.69) is 15.8 Å². The first-order valence-electron chi connectivity index (χ1n) is 10.2. The summed E-state index contributed by atoms with van der Waals surface area (Å²) in [5.41, 5.74) is 4.17. The quantitative estimate of drug-likeness (QED) is 0.183. The molecule has 2 N–H and O–H groups in total. The molecule has 0 aliphatic carbocycles. The zero-order valence-corrected chi connectivity index (χ0v) is 18.8. The fourth-order valence-electron chi connectivity index (χ4n) is 2.77. The monoisotopic (exact) mass is 461 g/mol. The molecule has 0 saturated carbocycles. The van der Waals surface area contributed by atoms with E-state index in [0.717, 1.165) is 0 Å². The summed E-state index contributed by atoms with van der Waals surface area (Å²) >= 11 is 0. The number of hydrazone groups is 1. The predicted molar refractivity (Wildman–Crippen MR) is 126 cm³/mol. The predicted octanol–water partition coefficient (Wildman–Crippen LogP) is 3.40. The van der Waals surface area contributed by atoms with Gasteiger partial charge in [-0.3, -0.25) is 9.59 Å². The van der Waals surface area contributed by atoms with Crippen LogP contribution >= 0.6 is 0 Å². The Morgan fingerprint density at radius 3 is 1.74 bits per heavy atom. The van der Waals surface area contributed by atoms with E-state index in [1.807, 2.05) is 0 Å². The molecule has 34 heavy (non-hydrogen) atoms. The number of esters is 1. The lowest BCUT2D eigenvalue weighted by molar-refractivity contribution is -0.136. The maximum Gasteiger partial charge on any atom is 0.343 e. The third-order valence-corrected chi connectivity index (χ3v) is 4.69. The summed E-state index contributed by atoms with van der Waals surface area (Å²) < 4.78 is 15.5. The van der Waals surface area contributed by atoms with E-state index in [-0.39, 0.29) is 0 Å². The van der Waals surface area contributed by atoms with Crippen LogP contribution < -0.4 is 25.0 Å². The second kappa shape index (κ2) is 11.3. The Bertz CT molecular complexity index is 1190. The van der Waals surface area contributed by atoms with Gasteiger partial charge in [-0.15, -0.1) is 0 Å². The molecule has 3 aromatic rings. The van der Waals surface area contributed by atoms with E-state index >= 15 is 0 Å². The van der Waals surface area contributed by atoms with Gasteiger partial charge in [0.25, 0.3) is 0 Å². The van der Waals surface area contributed by atoms with Crippen molar-refractivity contribution in [2.75, 3.05) is 19.5 Å². The fourth-order valence-corrected chi connectivity index (χ4v) is 2.77. The molecule has 3 rings (SSSR count). The molecule has 0 unspecified atom stereocenters. The highest BCUT2D eigenvalue weighted by molar-refractivity contribution is 6.39. The number of hydrogen-bond acceptors (Lipinski definition) is 7. The second-order valence-corrected chi connectivity index (χ2v) is 6.96. The molecule has 0 heterocycles. The third-order valence-electron chi connectivity index (χ3n) is 4.69. The highest BCUT2D eigenvalue weighted by Gasteiger charge is 2.14. The summed E-state index contributed by atoms with van der Waals surface area (Å²) in [6.45, 7) is 1.67. The van der Waals surface area contributed by atoms with Crippen LogP contribution in [-0.4, -0.2) is 37.7 Å². The molecule has 0 atom stereocenters. The average Bonchev–Trinajstić information content (AvgIpc) is 2.87. The molecule has 0 bridgehead atoms. The largest absolute Gasteiger partial charge is 0.497 e. The number of methoxy groups -OCH3 is 2. The lowest BCUT2D eigenvalue weighted by Gasteiger charge is -2.07. The van der Waals surface area contributed by atoms with E-state index in [1.54, 1.807) is 86.8 Å². The number of ether oxygens (including phenoxy) is 3. The van der Waals surface area contributed by atoms with Gasteiger partial charge >= 0.3 is 17.8 Å². The summed E-state index contributed by atoms with van der Waals surface area (Å²) in [7, 11) is 3.08. The van der Waals surface area contributed by atoms with Crippen LogP contribution in [0.25, 0.3) is 0 Å². The average molecular weight is 461 g/mol. The number of carbonyl (C=O) groups is 3. The molecule has 0 fully saturated rings. The van der Waals surface area contributed by atoms with Gasteiger partial charge in [0.15, 0.2) is 0 Å². The Labute approximate surface area is 196 Å². The summed E-state index contributed by atoms with van der Waals surface area (Å²) in [6, 6.07) is 19.7. The van der Waals surface area contributed by atoms with Crippen LogP contribution in [0.5, 0.6) is 17.2 Å². The summed E-state index contributed by atoms with van der Waals surface area (Å²) in [5, 5.41) is 6.43. The van der Waals surface area contributed by atoms with E-state index in [9.17, 15) is 14.4 Å². The van der Waals surface area contributed by atoms with Crippen molar-refractivity contribution in [2.45, 2.75) is 6.92 Å². The van der Waals surface area contributed by atoms with E-state index in [0.29, 0.717) is 39.8 Å². The standard InChI is InChI=1S/C25H23N3O6/c1-16(27-28-24(30)23(29)26-19-8-14-21(33-3)15-9-19)17-4-12-22(13-5-17)34-25(31)18-6-10-20(32-2)11-7-18/h4-15H,1-3H3,(H,26,29)(H,28,30)/b27-16+. The molecule has 2 amide bonds. The van der Waals surface area contributed by atoms with Crippen LogP contribution in [0.2, 0.25) is 0 Å². The first kappa shape index (κ1) is 24.0. The van der Waals surface area contributed by atoms with Gasteiger partial charge in [-0.05, 0) is 85.3 Å². The Morgan fingerprint density at radius 1 is 0.676 bits per heavy atom. The number of nitrogens with zero attached hydrogens (tertiary/aromatic N) is 1. The van der Waals surface area contributed by atoms with E-state index < -0.39 is 17.8 Å². The van der Waals surface area contributed by atoms with Crippen molar-refractivity contribution in [3.63, 3.8) is 0 Å². The Kier molecular flexibility index (Phi) is 7.96. The van der Waals surface area contributed by atoms with E-state index in [1.165, 1.54) is 7.11 Å². The van der Waals surface area contributed by atoms with Crippen molar-refractivity contribution in [1.82, 2.24) is 5.43 Å². The zero-order chi connectivity index (χ0) is 24.5. The zero-order valence-electron chi connectivity index (χ0n) is 18.8. The lowest BCUT2D eigenvalue weighted by Crippen LogP contribution is -2.32. The minimum absolute atomic E-state index is 0.347. The van der Waals surface area contributed by atoms with Crippen molar-refractivity contribution >= 4 is 29.2 Å². The summed E-state index contributed by atoms with van der Waals surface area (Å²) in [5.74, 6) is -0.663. The number of benzene rings is 3. The Hall–Kier alpha value is -4.66. The smallest absolute Gasteiger partial charge is 0.343 e. The number of anilines is 1. The normalized spacial score (nSPS) is 10.7. The van der Waals surface area contributed by atoms with Gasteiger partial charge in [0, 0.05) is 5.69 Å². The van der Waals surface area contributed by atoms with Crippen molar-refractivity contribution < 1.29 is 28.6 Å². The third kappa shape index (κ3) is 6.42. The first-order chi connectivity index (χ1) is 16.4. The van der Waals surface area contributed by atoms with Gasteiger partial charge in [-0.2, -0.15) is 5.10 Å². The molecule has 0 aromatic heterocycles. The maximum absolute atomic E-state index is 12.3. The number of hydrogen-bond donors (Lipinski definition) is 2. The van der Waals surface area contributed by atoms with Crippen LogP contribution in [0.4, 0.5) is 5.69 Å². The molecular weight excluding hydrogens is 438 g/mol. The SMILES string of the molecule is COc1ccc(NC(=O)C(=O)N/N=C(\C)c2ccc(OC(=O)c3ccc(OC)cc3)cc2)cc1. The van der Waals surface area contributed by atoms with Gasteiger partial charge in [-0.25, -0.2) is 10.2 Å². The van der Waals surface area contributed by atoms with Crippen LogP contribution in [0.3, 0.4) is 0 Å². The topological polar surface area (TPSA) is 115 Å². The van der Waals surface area contributed by atoms with Crippen molar-refractivity contribution in [1.29, 1.82) is 0 Å². The van der Waals surface area contributed by atoms with Gasteiger partial charge in [0.2, 0.25) is 0 Å². The molecule has 0 radical (unpaired) electrons. The lowest BCUT2D eigenvalue weighted by atomic mass is 10.1. The van der Waals surface area contributed by atoms with Gasteiger partial charge < -0.3 is 19.5 Å². The Balaban J connectivity index is 1.54. The van der Waals surface area contributed by atoms with Gasteiger partial charge in [0.1, 0.15) is 17.2 Å². The molecule has 3 aromatic carbocycles. The number of carbonyl (C=O) groups excluding carboxylic acids is 3. The first-order valence-corrected chi connectivity index (χ1v) is 10.2. The molecule has 0 aliphatic rings. The summed E-state index contributed by atoms with van der Waals surface area (Å²) in [4.78, 5) is 36.3. The highest BCUT2D eigenvalue weighted by atomic mass is 16.5. The van der Waals surface area contributed by atoms with Crippen molar-refractivity contribution in [2.24, 2.45) is 5.10 Å². The summed E-state index contributed by atoms with van der Waals surface area (Å²) in [6.07, 6.45) is 0. The minimum Gasteiger partial charge on any atom is -0.497 e. The van der Waals surface area contributed by atoms with Gasteiger partial charge in [0.05, 0.1) is 25.5 Å². The number of amides is 2. The van der Waals surface area contributed by atoms with Crippen LogP contribution in [0, 0.1) is 0 Å². The minimum atomic E-state index is -0.916. The maximum atomic E-state index is 12.3. The van der Waals surface area contributed by atoms with Crippen molar-refractivity contribution in [3.8, 4) is 17.2 Å². The Morgan fingerprint density at radius 2 is 1.18 bits per heavy atom. The van der Waals surface area contributed by atoms with E-state index in [4.69, 9.17) is 14.2 Å². The molecule has 0 saturated heterocycles. The molecule has 9 nitrogen and oxygen atoms in total. The van der Waals surface area contributed by atoms with Crippen LogP contribution in [0.15, 0.2) is 77.9 Å². The molecule has 9 heteroatoms. The fraction of sp³-hybridized carbons (Fsp3) is 0.120.